The molecular formula is C16H21N3O. The van der Waals surface area contributed by atoms with Crippen LogP contribution in [0.15, 0.2) is 24.5 Å². The van der Waals surface area contributed by atoms with E-state index >= 15 is 0 Å². The first-order valence-electron chi connectivity index (χ1n) is 6.99. The molecule has 0 radical (unpaired) electrons. The molecule has 2 rings (SSSR count). The number of phenolic OH excluding ortho intramolecular Hbond substituents is 1. The van der Waals surface area contributed by atoms with Gasteiger partial charge in [-0.25, -0.2) is 4.98 Å². The predicted molar refractivity (Wildman–Crippen MR) is 82.0 cm³/mol. The Labute approximate surface area is 119 Å². The maximum atomic E-state index is 9.87. The lowest BCUT2D eigenvalue weighted by Gasteiger charge is -2.12. The Morgan fingerprint density at radius 2 is 1.75 bits per heavy atom. The minimum absolute atomic E-state index is 0.345. The van der Waals surface area contributed by atoms with E-state index in [4.69, 9.17) is 0 Å². The number of aromatic nitrogens is 2. The first-order valence-corrected chi connectivity index (χ1v) is 6.99. The highest BCUT2D eigenvalue weighted by atomic mass is 16.3. The van der Waals surface area contributed by atoms with Crippen LogP contribution in [-0.2, 0) is 0 Å². The smallest absolute Gasteiger partial charge is 0.152 e. The van der Waals surface area contributed by atoms with E-state index < -0.39 is 0 Å². The fraction of sp³-hybridized carbons (Fsp3) is 0.375. The molecule has 0 fully saturated rings. The molecule has 0 saturated heterocycles. The number of hydrogen-bond donors (Lipinski definition) is 2. The molecule has 0 amide bonds. The third-order valence-electron chi connectivity index (χ3n) is 3.29. The standard InChI is InChI=1S/C16H21N3O/c1-4-5-6-18-16-14(17-7-8-19-16)13-9-11(2)15(20)12(3)10-13/h7-10,20H,4-6H2,1-3H3,(H,18,19). The maximum Gasteiger partial charge on any atom is 0.152 e. The second-order valence-corrected chi connectivity index (χ2v) is 4.99. The summed E-state index contributed by atoms with van der Waals surface area (Å²) in [6.07, 6.45) is 5.62. The summed E-state index contributed by atoms with van der Waals surface area (Å²) < 4.78 is 0. The number of anilines is 1. The van der Waals surface area contributed by atoms with Gasteiger partial charge in [-0.3, -0.25) is 4.98 Å². The minimum atomic E-state index is 0.345. The number of nitrogens with one attached hydrogen (secondary N) is 1. The van der Waals surface area contributed by atoms with Crippen molar-refractivity contribution < 1.29 is 5.11 Å². The molecule has 4 heteroatoms. The molecule has 20 heavy (non-hydrogen) atoms. The molecule has 0 aliphatic carbocycles. The van der Waals surface area contributed by atoms with E-state index in [1.54, 1.807) is 12.4 Å². The summed E-state index contributed by atoms with van der Waals surface area (Å²) in [5.74, 6) is 1.14. The van der Waals surface area contributed by atoms with Gasteiger partial charge in [-0.15, -0.1) is 0 Å². The van der Waals surface area contributed by atoms with Gasteiger partial charge in [0.25, 0.3) is 0 Å². The highest BCUT2D eigenvalue weighted by molar-refractivity contribution is 5.73. The second kappa shape index (κ2) is 6.37. The summed E-state index contributed by atoms with van der Waals surface area (Å²) in [5, 5.41) is 13.2. The number of nitrogens with zero attached hydrogens (tertiary/aromatic N) is 2. The van der Waals surface area contributed by atoms with Crippen molar-refractivity contribution in [3.05, 3.63) is 35.7 Å². The Hall–Kier alpha value is -2.10. The number of unbranched alkanes of at least 4 members (excludes halogenated alkanes) is 1. The highest BCUT2D eigenvalue weighted by Crippen LogP contribution is 2.30. The zero-order chi connectivity index (χ0) is 14.5. The molecule has 2 N–H and O–H groups in total. The summed E-state index contributed by atoms with van der Waals surface area (Å²) >= 11 is 0. The maximum absolute atomic E-state index is 9.87. The van der Waals surface area contributed by atoms with Gasteiger partial charge in [0.2, 0.25) is 0 Å². The average molecular weight is 271 g/mol. The lowest BCUT2D eigenvalue weighted by Crippen LogP contribution is -2.05. The summed E-state index contributed by atoms with van der Waals surface area (Å²) in [6, 6.07) is 3.88. The van der Waals surface area contributed by atoms with E-state index in [1.165, 1.54) is 0 Å². The Balaban J connectivity index is 2.37. The van der Waals surface area contributed by atoms with Crippen molar-refractivity contribution >= 4 is 5.82 Å². The van der Waals surface area contributed by atoms with Crippen LogP contribution in [0, 0.1) is 13.8 Å². The van der Waals surface area contributed by atoms with Gasteiger partial charge in [0.1, 0.15) is 11.4 Å². The Kier molecular flexibility index (Phi) is 4.56. The van der Waals surface area contributed by atoms with Crippen molar-refractivity contribution in [1.29, 1.82) is 0 Å². The van der Waals surface area contributed by atoms with Crippen LogP contribution >= 0.6 is 0 Å². The zero-order valence-corrected chi connectivity index (χ0v) is 12.3. The van der Waals surface area contributed by atoms with Crippen LogP contribution < -0.4 is 5.32 Å². The topological polar surface area (TPSA) is 58.0 Å². The fourth-order valence-electron chi connectivity index (χ4n) is 2.15. The van der Waals surface area contributed by atoms with Crippen LogP contribution in [0.2, 0.25) is 0 Å². The van der Waals surface area contributed by atoms with Gasteiger partial charge < -0.3 is 10.4 Å². The SMILES string of the molecule is CCCCNc1nccnc1-c1cc(C)c(O)c(C)c1. The van der Waals surface area contributed by atoms with Crippen LogP contribution in [0.25, 0.3) is 11.3 Å². The molecule has 2 aromatic rings. The first kappa shape index (κ1) is 14.3. The normalized spacial score (nSPS) is 10.6. The molecule has 4 nitrogen and oxygen atoms in total. The monoisotopic (exact) mass is 271 g/mol. The molecule has 0 atom stereocenters. The van der Waals surface area contributed by atoms with Crippen molar-refractivity contribution in [2.75, 3.05) is 11.9 Å². The van der Waals surface area contributed by atoms with Gasteiger partial charge in [0.15, 0.2) is 5.82 Å². The first-order chi connectivity index (χ1) is 9.63. The van der Waals surface area contributed by atoms with Crippen LogP contribution in [0.1, 0.15) is 30.9 Å². The molecule has 0 unspecified atom stereocenters. The minimum Gasteiger partial charge on any atom is -0.507 e. The van der Waals surface area contributed by atoms with E-state index in [0.29, 0.717) is 5.75 Å². The molecular weight excluding hydrogens is 250 g/mol. The second-order valence-electron chi connectivity index (χ2n) is 4.99. The lowest BCUT2D eigenvalue weighted by molar-refractivity contribution is 0.467. The molecule has 0 saturated carbocycles. The summed E-state index contributed by atoms with van der Waals surface area (Å²) in [5.41, 5.74) is 3.51. The van der Waals surface area contributed by atoms with E-state index in [-0.39, 0.29) is 0 Å². The third-order valence-corrected chi connectivity index (χ3v) is 3.29. The zero-order valence-electron chi connectivity index (χ0n) is 12.3. The van der Waals surface area contributed by atoms with E-state index in [1.807, 2.05) is 26.0 Å². The molecule has 0 aliphatic rings. The average Bonchev–Trinajstić information content (AvgIpc) is 2.45. The number of aryl methyl sites for hydroxylation is 2. The molecule has 0 aliphatic heterocycles. The number of hydrogen-bond acceptors (Lipinski definition) is 4. The highest BCUT2D eigenvalue weighted by Gasteiger charge is 2.10. The molecule has 1 aromatic heterocycles. The van der Waals surface area contributed by atoms with Crippen molar-refractivity contribution in [1.82, 2.24) is 9.97 Å². The van der Waals surface area contributed by atoms with Crippen LogP contribution in [0.5, 0.6) is 5.75 Å². The fourth-order valence-corrected chi connectivity index (χ4v) is 2.15. The van der Waals surface area contributed by atoms with Crippen LogP contribution in [-0.4, -0.2) is 21.6 Å². The summed E-state index contributed by atoms with van der Waals surface area (Å²) in [7, 11) is 0. The molecule has 1 aromatic carbocycles. The predicted octanol–water partition coefficient (Wildman–Crippen LogP) is 3.68. The number of benzene rings is 1. The van der Waals surface area contributed by atoms with Gasteiger partial charge >= 0.3 is 0 Å². The van der Waals surface area contributed by atoms with Crippen LogP contribution in [0.4, 0.5) is 5.82 Å². The van der Waals surface area contributed by atoms with Gasteiger partial charge in [0.05, 0.1) is 0 Å². The molecule has 0 spiro atoms. The molecule has 1 heterocycles. The van der Waals surface area contributed by atoms with E-state index in [2.05, 4.69) is 22.2 Å². The number of rotatable bonds is 5. The molecule has 106 valence electrons. The van der Waals surface area contributed by atoms with Gasteiger partial charge in [-0.05, 0) is 43.5 Å². The number of aromatic hydroxyl groups is 1. The lowest BCUT2D eigenvalue weighted by atomic mass is 10.0. The van der Waals surface area contributed by atoms with Gasteiger partial charge in [-0.2, -0.15) is 0 Å². The van der Waals surface area contributed by atoms with E-state index in [9.17, 15) is 5.11 Å². The quantitative estimate of drug-likeness (QED) is 0.814. The van der Waals surface area contributed by atoms with Crippen molar-refractivity contribution in [2.45, 2.75) is 33.6 Å². The largest absolute Gasteiger partial charge is 0.507 e. The number of phenols is 1. The Morgan fingerprint density at radius 3 is 2.40 bits per heavy atom. The third kappa shape index (κ3) is 3.07. The summed E-state index contributed by atoms with van der Waals surface area (Å²) in [6.45, 7) is 6.84. The molecule has 0 bridgehead atoms. The van der Waals surface area contributed by atoms with Gasteiger partial charge in [0, 0.05) is 24.5 Å². The van der Waals surface area contributed by atoms with E-state index in [0.717, 1.165) is 47.6 Å². The van der Waals surface area contributed by atoms with Crippen molar-refractivity contribution in [3.63, 3.8) is 0 Å². The Bertz CT molecular complexity index is 573. The van der Waals surface area contributed by atoms with Crippen LogP contribution in [0.3, 0.4) is 0 Å². The van der Waals surface area contributed by atoms with Crippen molar-refractivity contribution in [2.24, 2.45) is 0 Å². The summed E-state index contributed by atoms with van der Waals surface area (Å²) in [4.78, 5) is 8.81. The van der Waals surface area contributed by atoms with Gasteiger partial charge in [-0.1, -0.05) is 13.3 Å². The van der Waals surface area contributed by atoms with Crippen molar-refractivity contribution in [3.8, 4) is 17.0 Å². The Morgan fingerprint density at radius 1 is 1.10 bits per heavy atom.